The summed E-state index contributed by atoms with van der Waals surface area (Å²) < 4.78 is 0. The van der Waals surface area contributed by atoms with E-state index in [2.05, 4.69) is 74.1 Å². The van der Waals surface area contributed by atoms with Crippen LogP contribution in [0.15, 0.2) is 35.5 Å². The smallest absolute Gasteiger partial charge is 0.160 e. The second-order valence-electron chi connectivity index (χ2n) is 13.6. The maximum atomic E-state index is 14.0. The van der Waals surface area contributed by atoms with Crippen LogP contribution in [0.25, 0.3) is 0 Å². The average Bonchev–Trinajstić information content (AvgIpc) is 2.97. The second kappa shape index (κ2) is 7.79. The summed E-state index contributed by atoms with van der Waals surface area (Å²) in [6.45, 7) is 22.5. The molecule has 0 amide bonds. The molecule has 2 heteroatoms. The number of allylic oxidation sites excluding steroid dienone is 5. The van der Waals surface area contributed by atoms with E-state index in [0.717, 1.165) is 43.3 Å². The molecule has 0 aromatic rings. The summed E-state index contributed by atoms with van der Waals surface area (Å²) in [4.78, 5) is 27.9. The van der Waals surface area contributed by atoms with E-state index in [1.807, 2.05) is 0 Å². The van der Waals surface area contributed by atoms with E-state index in [-0.39, 0.29) is 39.1 Å². The van der Waals surface area contributed by atoms with Crippen molar-refractivity contribution in [2.45, 2.75) is 100 Å². The van der Waals surface area contributed by atoms with Gasteiger partial charge in [-0.3, -0.25) is 9.59 Å². The Labute approximate surface area is 202 Å². The van der Waals surface area contributed by atoms with Crippen molar-refractivity contribution in [1.29, 1.82) is 0 Å². The number of carbonyl (C=O) groups excluding carboxylic acids is 2. The lowest BCUT2D eigenvalue weighted by molar-refractivity contribution is -0.132. The number of carbonyl (C=O) groups is 2. The zero-order valence-corrected chi connectivity index (χ0v) is 22.4. The SMILES string of the molecule is C=C(CC[C@@H](C)[C@@H]1CC[C@]2(C)C3=C(C(=O)C[C@@]12C)[C@@]1(C)CC=CC(C)(C)[C@@H]1CC3=O)C(C)C. The Morgan fingerprint density at radius 1 is 1.06 bits per heavy atom. The van der Waals surface area contributed by atoms with Crippen LogP contribution in [0.5, 0.6) is 0 Å². The molecule has 0 saturated heterocycles. The van der Waals surface area contributed by atoms with Gasteiger partial charge < -0.3 is 0 Å². The number of fused-ring (bicyclic) bond motifs is 4. The van der Waals surface area contributed by atoms with Crippen LogP contribution in [0, 0.1) is 45.3 Å². The topological polar surface area (TPSA) is 34.1 Å². The Morgan fingerprint density at radius 3 is 2.36 bits per heavy atom. The summed E-state index contributed by atoms with van der Waals surface area (Å²) in [7, 11) is 0. The minimum Gasteiger partial charge on any atom is -0.295 e. The van der Waals surface area contributed by atoms with Crippen molar-refractivity contribution in [3.8, 4) is 0 Å². The van der Waals surface area contributed by atoms with Crippen molar-refractivity contribution in [3.63, 3.8) is 0 Å². The third-order valence-corrected chi connectivity index (χ3v) is 11.1. The summed E-state index contributed by atoms with van der Waals surface area (Å²) in [5.74, 6) is 2.26. The first-order valence-corrected chi connectivity index (χ1v) is 13.4. The van der Waals surface area contributed by atoms with Crippen LogP contribution in [0.1, 0.15) is 100 Å². The number of rotatable bonds is 5. The zero-order chi connectivity index (χ0) is 24.6. The maximum absolute atomic E-state index is 14.0. The lowest BCUT2D eigenvalue weighted by atomic mass is 9.44. The minimum atomic E-state index is -0.221. The van der Waals surface area contributed by atoms with Crippen LogP contribution in [0.4, 0.5) is 0 Å². The molecule has 182 valence electrons. The van der Waals surface area contributed by atoms with Gasteiger partial charge in [0.25, 0.3) is 0 Å². The standard InChI is InChI=1S/C31H46O2/c1-19(2)20(3)11-12-21(4)22-13-16-30(8)27-23(32)17-25-28(5,6)14-10-15-29(25,7)26(27)24(33)18-31(22,30)9/h10,14,19,21-22,25H,3,11-13,15-18H2,1-2,4-9H3/t21-,22+,25+,29+,30-,31+/m1/s1. The highest BCUT2D eigenvalue weighted by Gasteiger charge is 2.66. The Balaban J connectivity index is 1.74. The van der Waals surface area contributed by atoms with E-state index in [1.165, 1.54) is 5.57 Å². The first-order valence-electron chi connectivity index (χ1n) is 13.4. The molecule has 0 unspecified atom stereocenters. The van der Waals surface area contributed by atoms with Gasteiger partial charge in [-0.15, -0.1) is 0 Å². The predicted molar refractivity (Wildman–Crippen MR) is 137 cm³/mol. The van der Waals surface area contributed by atoms with Crippen LogP contribution < -0.4 is 0 Å². The third-order valence-electron chi connectivity index (χ3n) is 11.1. The number of hydrogen-bond donors (Lipinski definition) is 0. The highest BCUT2D eigenvalue weighted by Crippen LogP contribution is 2.70. The van der Waals surface area contributed by atoms with Crippen molar-refractivity contribution in [1.82, 2.24) is 0 Å². The number of Topliss-reactive ketones (excluding diaryl/α,β-unsaturated/α-hetero) is 2. The third kappa shape index (κ3) is 3.41. The van der Waals surface area contributed by atoms with Crippen LogP contribution >= 0.6 is 0 Å². The first-order chi connectivity index (χ1) is 15.2. The number of ketones is 2. The lowest BCUT2D eigenvalue weighted by Crippen LogP contribution is -2.55. The van der Waals surface area contributed by atoms with Gasteiger partial charge >= 0.3 is 0 Å². The summed E-state index contributed by atoms with van der Waals surface area (Å²) in [6.07, 6.45) is 10.9. The Morgan fingerprint density at radius 2 is 1.73 bits per heavy atom. The quantitative estimate of drug-likeness (QED) is 0.399. The highest BCUT2D eigenvalue weighted by molar-refractivity contribution is 6.11. The molecule has 0 radical (unpaired) electrons. The van der Waals surface area contributed by atoms with E-state index in [0.29, 0.717) is 30.6 Å². The Kier molecular flexibility index (Phi) is 5.82. The van der Waals surface area contributed by atoms with E-state index in [9.17, 15) is 9.59 Å². The first kappa shape index (κ1) is 24.7. The van der Waals surface area contributed by atoms with E-state index in [4.69, 9.17) is 0 Å². The minimum absolute atomic E-state index is 0.0609. The summed E-state index contributed by atoms with van der Waals surface area (Å²) in [5, 5.41) is 0. The van der Waals surface area contributed by atoms with Crippen LogP contribution in [-0.4, -0.2) is 11.6 Å². The van der Waals surface area contributed by atoms with Gasteiger partial charge in [0, 0.05) is 34.8 Å². The largest absolute Gasteiger partial charge is 0.295 e. The van der Waals surface area contributed by atoms with Crippen LogP contribution in [0.2, 0.25) is 0 Å². The van der Waals surface area contributed by atoms with Gasteiger partial charge in [0.1, 0.15) is 0 Å². The molecule has 2 nitrogen and oxygen atoms in total. The molecular weight excluding hydrogens is 404 g/mol. The van der Waals surface area contributed by atoms with Gasteiger partial charge in [-0.1, -0.05) is 79.7 Å². The normalized spacial score (nSPS) is 40.5. The van der Waals surface area contributed by atoms with Gasteiger partial charge in [-0.2, -0.15) is 0 Å². The van der Waals surface area contributed by atoms with E-state index < -0.39 is 0 Å². The predicted octanol–water partition coefficient (Wildman–Crippen LogP) is 7.89. The van der Waals surface area contributed by atoms with Crippen molar-refractivity contribution >= 4 is 11.6 Å². The summed E-state index contributed by atoms with van der Waals surface area (Å²) in [5.41, 5.74) is 2.57. The fourth-order valence-corrected chi connectivity index (χ4v) is 8.64. The summed E-state index contributed by atoms with van der Waals surface area (Å²) >= 11 is 0. The van der Waals surface area contributed by atoms with Gasteiger partial charge in [0.05, 0.1) is 0 Å². The van der Waals surface area contributed by atoms with Gasteiger partial charge in [-0.25, -0.2) is 0 Å². The van der Waals surface area contributed by atoms with Gasteiger partial charge in [0.2, 0.25) is 0 Å². The molecule has 0 aromatic carbocycles. The summed E-state index contributed by atoms with van der Waals surface area (Å²) in [6, 6.07) is 0. The molecule has 0 aliphatic heterocycles. The Bertz CT molecular complexity index is 946. The molecule has 0 N–H and O–H groups in total. The molecule has 0 bridgehead atoms. The van der Waals surface area contributed by atoms with Crippen LogP contribution in [-0.2, 0) is 9.59 Å². The number of hydrogen-bond acceptors (Lipinski definition) is 2. The molecule has 0 aromatic heterocycles. The van der Waals surface area contributed by atoms with Crippen molar-refractivity contribution < 1.29 is 9.59 Å². The molecule has 6 atom stereocenters. The Hall–Kier alpha value is -1.44. The second-order valence-corrected chi connectivity index (χ2v) is 13.6. The molecule has 1 fully saturated rings. The lowest BCUT2D eigenvalue weighted by Gasteiger charge is -2.58. The molecule has 33 heavy (non-hydrogen) atoms. The fourth-order valence-electron chi connectivity index (χ4n) is 8.64. The molecule has 4 aliphatic rings. The monoisotopic (exact) mass is 450 g/mol. The van der Waals surface area contributed by atoms with Crippen molar-refractivity contribution in [3.05, 3.63) is 35.5 Å². The maximum Gasteiger partial charge on any atom is 0.160 e. The molecule has 0 heterocycles. The van der Waals surface area contributed by atoms with Gasteiger partial charge in [-0.05, 0) is 66.6 Å². The van der Waals surface area contributed by atoms with E-state index in [1.54, 1.807) is 0 Å². The average molecular weight is 451 g/mol. The molecule has 4 aliphatic carbocycles. The molecule has 0 spiro atoms. The fraction of sp³-hybridized carbons (Fsp3) is 0.742. The molecular formula is C31H46O2. The highest BCUT2D eigenvalue weighted by atomic mass is 16.1. The van der Waals surface area contributed by atoms with E-state index >= 15 is 0 Å². The molecule has 4 rings (SSSR count). The van der Waals surface area contributed by atoms with Crippen LogP contribution in [0.3, 0.4) is 0 Å². The van der Waals surface area contributed by atoms with Crippen molar-refractivity contribution in [2.75, 3.05) is 0 Å². The van der Waals surface area contributed by atoms with Crippen molar-refractivity contribution in [2.24, 2.45) is 45.3 Å². The zero-order valence-electron chi connectivity index (χ0n) is 22.4. The van der Waals surface area contributed by atoms with Gasteiger partial charge in [0.15, 0.2) is 11.6 Å². The molecule has 1 saturated carbocycles.